The third-order valence-electron chi connectivity index (χ3n) is 3.17. The van der Waals surface area contributed by atoms with Crippen molar-refractivity contribution >= 4 is 5.97 Å². The second-order valence-corrected chi connectivity index (χ2v) is 5.93. The third kappa shape index (κ3) is 3.48. The van der Waals surface area contributed by atoms with Crippen LogP contribution in [0.3, 0.4) is 0 Å². The summed E-state index contributed by atoms with van der Waals surface area (Å²) in [6.45, 7) is 8.32. The maximum absolute atomic E-state index is 12.1. The van der Waals surface area contributed by atoms with Gasteiger partial charge in [-0.15, -0.1) is 0 Å². The lowest BCUT2D eigenvalue weighted by atomic mass is 9.88. The number of esters is 1. The molecule has 0 aliphatic carbocycles. The second-order valence-electron chi connectivity index (χ2n) is 5.93. The van der Waals surface area contributed by atoms with E-state index in [2.05, 4.69) is 0 Å². The van der Waals surface area contributed by atoms with E-state index in [9.17, 15) is 4.79 Å². The summed E-state index contributed by atoms with van der Waals surface area (Å²) < 4.78 is 5.13. The Morgan fingerprint density at radius 3 is 2.33 bits per heavy atom. The number of hydrogen-bond donors (Lipinski definition) is 0. The molecule has 1 heterocycles. The van der Waals surface area contributed by atoms with Crippen LogP contribution in [0, 0.1) is 0 Å². The van der Waals surface area contributed by atoms with E-state index in [0.717, 1.165) is 17.0 Å². The molecule has 0 N–H and O–H groups in total. The first-order valence-corrected chi connectivity index (χ1v) is 7.17. The molecule has 0 saturated carbocycles. The van der Waals surface area contributed by atoms with E-state index in [1.54, 1.807) is 6.92 Å². The van der Waals surface area contributed by atoms with Crippen LogP contribution in [0.25, 0.3) is 11.3 Å². The molecule has 110 valence electrons. The molecule has 0 fully saturated rings. The van der Waals surface area contributed by atoms with Gasteiger partial charge in [0.05, 0.1) is 23.6 Å². The minimum absolute atomic E-state index is 0.229. The van der Waals surface area contributed by atoms with Crippen LogP contribution < -0.4 is 0 Å². The van der Waals surface area contributed by atoms with Crippen LogP contribution in [0.1, 0.15) is 43.7 Å². The average molecular weight is 283 g/mol. The molecule has 0 unspecified atom stereocenters. The molecule has 3 heteroatoms. The molecule has 1 aromatic carbocycles. The highest BCUT2D eigenvalue weighted by molar-refractivity contribution is 5.91. The summed E-state index contributed by atoms with van der Waals surface area (Å²) >= 11 is 0. The smallest absolute Gasteiger partial charge is 0.340 e. The van der Waals surface area contributed by atoms with E-state index in [1.165, 1.54) is 0 Å². The van der Waals surface area contributed by atoms with E-state index in [0.29, 0.717) is 12.2 Å². The first-order chi connectivity index (χ1) is 9.93. The highest BCUT2D eigenvalue weighted by Gasteiger charge is 2.24. The standard InChI is InChI=1S/C18H21NO2/c1-5-21-17(20)14-11-12-15(13-9-7-6-8-10-13)19-16(14)18(2,3)4/h6-12H,5H2,1-4H3. The molecule has 21 heavy (non-hydrogen) atoms. The minimum Gasteiger partial charge on any atom is -0.462 e. The van der Waals surface area contributed by atoms with Gasteiger partial charge in [0, 0.05) is 11.0 Å². The Hall–Kier alpha value is -2.16. The van der Waals surface area contributed by atoms with Crippen molar-refractivity contribution in [3.05, 3.63) is 53.7 Å². The van der Waals surface area contributed by atoms with E-state index in [1.807, 2.05) is 63.2 Å². The molecule has 0 amide bonds. The van der Waals surface area contributed by atoms with Crippen LogP contribution in [0.15, 0.2) is 42.5 Å². The quantitative estimate of drug-likeness (QED) is 0.792. The number of pyridine rings is 1. The summed E-state index contributed by atoms with van der Waals surface area (Å²) in [5, 5.41) is 0. The fourth-order valence-electron chi connectivity index (χ4n) is 2.17. The van der Waals surface area contributed by atoms with Crippen molar-refractivity contribution in [2.75, 3.05) is 6.61 Å². The Kier molecular flexibility index (Phi) is 4.41. The number of aromatic nitrogens is 1. The molecule has 0 aliphatic rings. The van der Waals surface area contributed by atoms with Crippen molar-refractivity contribution in [1.29, 1.82) is 0 Å². The van der Waals surface area contributed by atoms with Crippen molar-refractivity contribution < 1.29 is 9.53 Å². The van der Waals surface area contributed by atoms with Gasteiger partial charge < -0.3 is 4.74 Å². The first kappa shape index (κ1) is 15.2. The molecule has 0 radical (unpaired) electrons. The van der Waals surface area contributed by atoms with Crippen LogP contribution in [-0.4, -0.2) is 17.6 Å². The number of benzene rings is 1. The predicted octanol–water partition coefficient (Wildman–Crippen LogP) is 4.22. The van der Waals surface area contributed by atoms with E-state index in [-0.39, 0.29) is 11.4 Å². The Morgan fingerprint density at radius 2 is 1.76 bits per heavy atom. The zero-order chi connectivity index (χ0) is 15.5. The molecule has 0 atom stereocenters. The zero-order valence-corrected chi connectivity index (χ0v) is 13.0. The van der Waals surface area contributed by atoms with E-state index >= 15 is 0 Å². The van der Waals surface area contributed by atoms with Crippen LogP contribution in [0.4, 0.5) is 0 Å². The number of carbonyl (C=O) groups excluding carboxylic acids is 1. The fraction of sp³-hybridized carbons (Fsp3) is 0.333. The van der Waals surface area contributed by atoms with Gasteiger partial charge in [0.25, 0.3) is 0 Å². The highest BCUT2D eigenvalue weighted by atomic mass is 16.5. The van der Waals surface area contributed by atoms with Gasteiger partial charge in [0.2, 0.25) is 0 Å². The molecule has 2 rings (SSSR count). The molecule has 0 spiro atoms. The molecular weight excluding hydrogens is 262 g/mol. The Bertz CT molecular complexity index is 627. The van der Waals surface area contributed by atoms with Crippen molar-refractivity contribution in [3.8, 4) is 11.3 Å². The minimum atomic E-state index is -0.311. The van der Waals surface area contributed by atoms with Crippen LogP contribution in [-0.2, 0) is 10.2 Å². The number of hydrogen-bond acceptors (Lipinski definition) is 3. The van der Waals surface area contributed by atoms with Gasteiger partial charge in [-0.3, -0.25) is 4.98 Å². The summed E-state index contributed by atoms with van der Waals surface area (Å²) in [5.74, 6) is -0.311. The lowest BCUT2D eigenvalue weighted by molar-refractivity contribution is 0.0523. The lowest BCUT2D eigenvalue weighted by Crippen LogP contribution is -2.20. The topological polar surface area (TPSA) is 39.2 Å². The summed E-state index contributed by atoms with van der Waals surface area (Å²) in [5.41, 5.74) is 2.99. The summed E-state index contributed by atoms with van der Waals surface area (Å²) in [6, 6.07) is 13.6. The van der Waals surface area contributed by atoms with Gasteiger partial charge in [-0.25, -0.2) is 4.79 Å². The van der Waals surface area contributed by atoms with Crippen molar-refractivity contribution in [1.82, 2.24) is 4.98 Å². The van der Waals surface area contributed by atoms with Crippen molar-refractivity contribution in [2.45, 2.75) is 33.1 Å². The fourth-order valence-corrected chi connectivity index (χ4v) is 2.17. The van der Waals surface area contributed by atoms with Gasteiger partial charge in [0.1, 0.15) is 0 Å². The maximum atomic E-state index is 12.1. The number of rotatable bonds is 3. The molecule has 0 saturated heterocycles. The Labute approximate surface area is 126 Å². The number of ether oxygens (including phenoxy) is 1. The molecule has 0 bridgehead atoms. The first-order valence-electron chi connectivity index (χ1n) is 7.17. The third-order valence-corrected chi connectivity index (χ3v) is 3.17. The lowest BCUT2D eigenvalue weighted by Gasteiger charge is -2.21. The van der Waals surface area contributed by atoms with Gasteiger partial charge in [0.15, 0.2) is 0 Å². The maximum Gasteiger partial charge on any atom is 0.340 e. The Balaban J connectivity index is 2.53. The van der Waals surface area contributed by atoms with E-state index in [4.69, 9.17) is 9.72 Å². The van der Waals surface area contributed by atoms with E-state index < -0.39 is 0 Å². The highest BCUT2D eigenvalue weighted by Crippen LogP contribution is 2.28. The van der Waals surface area contributed by atoms with Gasteiger partial charge in [-0.2, -0.15) is 0 Å². The largest absolute Gasteiger partial charge is 0.462 e. The van der Waals surface area contributed by atoms with Gasteiger partial charge in [-0.1, -0.05) is 51.1 Å². The van der Waals surface area contributed by atoms with Gasteiger partial charge in [-0.05, 0) is 19.1 Å². The van der Waals surface area contributed by atoms with Crippen LogP contribution in [0.5, 0.6) is 0 Å². The number of carbonyl (C=O) groups is 1. The average Bonchev–Trinajstić information content (AvgIpc) is 2.47. The SMILES string of the molecule is CCOC(=O)c1ccc(-c2ccccc2)nc1C(C)(C)C. The second kappa shape index (κ2) is 6.08. The van der Waals surface area contributed by atoms with Gasteiger partial charge >= 0.3 is 5.97 Å². The monoisotopic (exact) mass is 283 g/mol. The predicted molar refractivity (Wildman–Crippen MR) is 84.3 cm³/mol. The summed E-state index contributed by atoms with van der Waals surface area (Å²) in [6.07, 6.45) is 0. The van der Waals surface area contributed by atoms with Crippen molar-refractivity contribution in [3.63, 3.8) is 0 Å². The molecule has 0 aliphatic heterocycles. The molecule has 1 aromatic heterocycles. The van der Waals surface area contributed by atoms with Crippen LogP contribution in [0.2, 0.25) is 0 Å². The zero-order valence-electron chi connectivity index (χ0n) is 13.0. The molecule has 3 nitrogen and oxygen atoms in total. The normalized spacial score (nSPS) is 11.2. The van der Waals surface area contributed by atoms with Crippen LogP contribution >= 0.6 is 0 Å². The molecule has 2 aromatic rings. The number of nitrogens with zero attached hydrogens (tertiary/aromatic N) is 1. The summed E-state index contributed by atoms with van der Waals surface area (Å²) in [7, 11) is 0. The molecular formula is C18H21NO2. The Morgan fingerprint density at radius 1 is 1.10 bits per heavy atom. The van der Waals surface area contributed by atoms with Crippen molar-refractivity contribution in [2.24, 2.45) is 0 Å². The summed E-state index contributed by atoms with van der Waals surface area (Å²) in [4.78, 5) is 16.8.